The molecule has 2 aromatic carbocycles. The fraction of sp³-hybridized carbons (Fsp3) is 0.143. The molecule has 0 bridgehead atoms. The number of halogens is 1. The summed E-state index contributed by atoms with van der Waals surface area (Å²) in [6, 6.07) is 13.0. The molecule has 0 aliphatic carbocycles. The number of aromatic nitrogens is 4. The lowest BCUT2D eigenvalue weighted by Gasteiger charge is -2.17. The molecule has 0 atom stereocenters. The van der Waals surface area contributed by atoms with E-state index in [0.29, 0.717) is 11.4 Å². The van der Waals surface area contributed by atoms with Crippen molar-refractivity contribution < 1.29 is 9.18 Å². The molecule has 1 aliphatic heterocycles. The fourth-order valence-electron chi connectivity index (χ4n) is 3.48. The molecule has 3 heterocycles. The zero-order valence-electron chi connectivity index (χ0n) is 15.4. The minimum absolute atomic E-state index is 0.337. The van der Waals surface area contributed by atoms with Crippen LogP contribution in [0.5, 0.6) is 0 Å². The van der Waals surface area contributed by atoms with Gasteiger partial charge in [0.1, 0.15) is 11.6 Å². The summed E-state index contributed by atoms with van der Waals surface area (Å²) in [4.78, 5) is 16.9. The van der Waals surface area contributed by atoms with Gasteiger partial charge in [-0.2, -0.15) is 0 Å². The number of anilines is 1. The third-order valence-electron chi connectivity index (χ3n) is 4.96. The first-order valence-electron chi connectivity index (χ1n) is 9.27. The summed E-state index contributed by atoms with van der Waals surface area (Å²) in [5.41, 5.74) is 3.16. The van der Waals surface area contributed by atoms with Gasteiger partial charge >= 0.3 is 0 Å². The van der Waals surface area contributed by atoms with E-state index in [4.69, 9.17) is 0 Å². The highest BCUT2D eigenvalue weighted by Crippen LogP contribution is 2.26. The molecule has 2 aromatic heterocycles. The van der Waals surface area contributed by atoms with Crippen molar-refractivity contribution in [3.05, 3.63) is 71.9 Å². The first-order valence-corrected chi connectivity index (χ1v) is 9.27. The smallest absolute Gasteiger partial charge is 0.256 e. The van der Waals surface area contributed by atoms with Crippen molar-refractivity contribution in [2.24, 2.45) is 0 Å². The van der Waals surface area contributed by atoms with Gasteiger partial charge in [-0.05, 0) is 42.5 Å². The maximum atomic E-state index is 13.0. The van der Waals surface area contributed by atoms with E-state index in [1.165, 1.54) is 24.3 Å². The molecule has 1 amide bonds. The van der Waals surface area contributed by atoms with Gasteiger partial charge in [-0.25, -0.2) is 9.37 Å². The van der Waals surface area contributed by atoms with Crippen molar-refractivity contribution >= 4 is 22.6 Å². The quantitative estimate of drug-likeness (QED) is 0.564. The molecule has 0 saturated heterocycles. The molecule has 0 radical (unpaired) electrons. The van der Waals surface area contributed by atoms with Crippen LogP contribution in [0.25, 0.3) is 22.2 Å². The molecule has 29 heavy (non-hydrogen) atoms. The van der Waals surface area contributed by atoms with Gasteiger partial charge in [-0.3, -0.25) is 4.79 Å². The Kier molecular flexibility index (Phi) is 4.25. The number of fused-ring (bicyclic) bond motifs is 2. The van der Waals surface area contributed by atoms with Crippen LogP contribution in [0, 0.1) is 5.82 Å². The van der Waals surface area contributed by atoms with Gasteiger partial charge in [-0.15, -0.1) is 10.2 Å². The Balaban J connectivity index is 1.46. The molecule has 0 spiro atoms. The predicted molar refractivity (Wildman–Crippen MR) is 107 cm³/mol. The molecular formula is C21H17FN6O. The van der Waals surface area contributed by atoms with Crippen molar-refractivity contribution in [1.29, 1.82) is 0 Å². The highest BCUT2D eigenvalue weighted by molar-refractivity contribution is 6.04. The minimum Gasteiger partial charge on any atom is -0.326 e. The Bertz CT molecular complexity index is 1220. The lowest BCUT2D eigenvalue weighted by Crippen LogP contribution is -2.28. The Morgan fingerprint density at radius 2 is 1.97 bits per heavy atom. The van der Waals surface area contributed by atoms with Crippen LogP contribution < -0.4 is 10.6 Å². The lowest BCUT2D eigenvalue weighted by molar-refractivity contribution is 0.102. The van der Waals surface area contributed by atoms with Crippen LogP contribution in [0.15, 0.2) is 54.7 Å². The summed E-state index contributed by atoms with van der Waals surface area (Å²) in [5, 5.41) is 15.2. The molecule has 2 N–H and O–H groups in total. The number of nitrogens with one attached hydrogen (secondary N) is 2. The molecule has 5 rings (SSSR count). The van der Waals surface area contributed by atoms with Crippen LogP contribution in [0.1, 0.15) is 16.2 Å². The van der Waals surface area contributed by atoms with Crippen LogP contribution in [-0.2, 0) is 13.1 Å². The number of carbonyl (C=O) groups excluding carboxylic acids is 1. The van der Waals surface area contributed by atoms with Gasteiger partial charge in [0.05, 0.1) is 24.0 Å². The normalized spacial score (nSPS) is 13.3. The molecule has 0 unspecified atom stereocenters. The van der Waals surface area contributed by atoms with Gasteiger partial charge in [0.2, 0.25) is 0 Å². The highest BCUT2D eigenvalue weighted by Gasteiger charge is 2.15. The molecule has 4 aromatic rings. The number of carbonyl (C=O) groups is 1. The number of hydrogen-bond donors (Lipinski definition) is 2. The third kappa shape index (κ3) is 3.34. The van der Waals surface area contributed by atoms with Crippen molar-refractivity contribution in [2.45, 2.75) is 13.1 Å². The molecule has 7 nitrogen and oxygen atoms in total. The van der Waals surface area contributed by atoms with E-state index in [1.807, 2.05) is 24.4 Å². The molecule has 144 valence electrons. The van der Waals surface area contributed by atoms with Gasteiger partial charge in [0, 0.05) is 29.6 Å². The summed E-state index contributed by atoms with van der Waals surface area (Å²) in [5.74, 6) is 0.597. The summed E-state index contributed by atoms with van der Waals surface area (Å²) in [7, 11) is 0. The van der Waals surface area contributed by atoms with E-state index in [2.05, 4.69) is 30.4 Å². The molecule has 0 fully saturated rings. The monoisotopic (exact) mass is 388 g/mol. The maximum absolute atomic E-state index is 13.0. The molecule has 8 heteroatoms. The topological polar surface area (TPSA) is 84.7 Å². The van der Waals surface area contributed by atoms with Gasteiger partial charge in [0.15, 0.2) is 5.82 Å². The zero-order valence-corrected chi connectivity index (χ0v) is 15.4. The Labute approximate surface area is 165 Å². The standard InChI is InChI=1S/C21H17FN6O/c22-16-4-1-13(2-5-16)21(29)25-19-10-15-9-14(3-6-17(15)26-27-19)18-11-24-20-12-23-7-8-28(18)20/h1-6,9-11,23H,7-8,12H2,(H,25,27,29). The van der Waals surface area contributed by atoms with Gasteiger partial charge < -0.3 is 15.2 Å². The maximum Gasteiger partial charge on any atom is 0.256 e. The number of amides is 1. The number of nitrogens with zero attached hydrogens (tertiary/aromatic N) is 4. The van der Waals surface area contributed by atoms with E-state index in [9.17, 15) is 9.18 Å². The molecular weight excluding hydrogens is 371 g/mol. The van der Waals surface area contributed by atoms with Crippen LogP contribution >= 0.6 is 0 Å². The van der Waals surface area contributed by atoms with E-state index in [1.54, 1.807) is 6.07 Å². The Hall–Kier alpha value is -3.65. The van der Waals surface area contributed by atoms with E-state index in [-0.39, 0.29) is 5.91 Å². The van der Waals surface area contributed by atoms with Crippen molar-refractivity contribution in [2.75, 3.05) is 11.9 Å². The largest absolute Gasteiger partial charge is 0.326 e. The predicted octanol–water partition coefficient (Wildman–Crippen LogP) is 2.99. The van der Waals surface area contributed by atoms with Crippen molar-refractivity contribution in [1.82, 2.24) is 25.1 Å². The SMILES string of the molecule is O=C(Nc1cc2cc(-c3cnc4n3CCNC4)ccc2nn1)c1ccc(F)cc1. The van der Waals surface area contributed by atoms with Crippen molar-refractivity contribution in [3.63, 3.8) is 0 Å². The first kappa shape index (κ1) is 17.4. The molecule has 0 saturated carbocycles. The van der Waals surface area contributed by atoms with Crippen LogP contribution in [0.4, 0.5) is 10.2 Å². The first-order chi connectivity index (χ1) is 14.2. The van der Waals surface area contributed by atoms with Gasteiger partial charge in [-0.1, -0.05) is 6.07 Å². The van der Waals surface area contributed by atoms with Crippen LogP contribution in [0.3, 0.4) is 0 Å². The second-order valence-electron chi connectivity index (χ2n) is 6.85. The summed E-state index contributed by atoms with van der Waals surface area (Å²) < 4.78 is 15.3. The number of imidazole rings is 1. The highest BCUT2D eigenvalue weighted by atomic mass is 19.1. The Morgan fingerprint density at radius 3 is 2.83 bits per heavy atom. The Morgan fingerprint density at radius 1 is 1.10 bits per heavy atom. The van der Waals surface area contributed by atoms with Crippen LogP contribution in [-0.4, -0.2) is 32.2 Å². The molecule has 1 aliphatic rings. The van der Waals surface area contributed by atoms with Crippen LogP contribution in [0.2, 0.25) is 0 Å². The summed E-state index contributed by atoms with van der Waals surface area (Å²) in [6.07, 6.45) is 1.88. The average Bonchev–Trinajstić information content (AvgIpc) is 3.18. The van der Waals surface area contributed by atoms with Gasteiger partial charge in [0.25, 0.3) is 5.91 Å². The number of benzene rings is 2. The second kappa shape index (κ2) is 7.06. The zero-order chi connectivity index (χ0) is 19.8. The third-order valence-corrected chi connectivity index (χ3v) is 4.96. The van der Waals surface area contributed by atoms with E-state index >= 15 is 0 Å². The summed E-state index contributed by atoms with van der Waals surface area (Å²) in [6.45, 7) is 2.55. The van der Waals surface area contributed by atoms with E-state index in [0.717, 1.165) is 47.6 Å². The van der Waals surface area contributed by atoms with Crippen molar-refractivity contribution in [3.8, 4) is 11.3 Å². The lowest BCUT2D eigenvalue weighted by atomic mass is 10.1. The summed E-state index contributed by atoms with van der Waals surface area (Å²) >= 11 is 0. The average molecular weight is 388 g/mol. The minimum atomic E-state index is -0.391. The fourth-order valence-corrected chi connectivity index (χ4v) is 3.48. The second-order valence-corrected chi connectivity index (χ2v) is 6.85. The number of hydrogen-bond acceptors (Lipinski definition) is 5. The van der Waals surface area contributed by atoms with E-state index < -0.39 is 5.82 Å². The number of rotatable bonds is 3.